The molecule has 3 saturated heterocycles. The molecule has 4 heterocycles. The maximum atomic E-state index is 12.7. The van der Waals surface area contributed by atoms with Crippen molar-refractivity contribution >= 4 is 35.1 Å². The Hall–Kier alpha value is -1.34. The largest absolute Gasteiger partial charge is 0.459 e. The number of esters is 1. The molecule has 190 valence electrons. The fraction of sp³-hybridized carbons (Fsp3) is 0.810. The summed E-state index contributed by atoms with van der Waals surface area (Å²) in [6.07, 6.45) is -2.72. The third-order valence-corrected chi connectivity index (χ3v) is 5.58. The number of rotatable bonds is 5. The molecule has 0 amide bonds. The Kier molecular flexibility index (Phi) is 6.78. The van der Waals surface area contributed by atoms with Crippen LogP contribution < -0.4 is 4.90 Å². The fourth-order valence-corrected chi connectivity index (χ4v) is 4.62. The highest BCUT2D eigenvalue weighted by molar-refractivity contribution is 6.31. The lowest BCUT2D eigenvalue weighted by atomic mass is 9.98. The standard InChI is InChI=1S/C21H30Cl2N4O7/c1-19(2,3)30-11(28)9-27(18-25-16(22)24-17(23)26-18)8-10-12-13(32-20(4,5)31-12)14-15(29-10)34-21(6,7)33-14/h10,12-15H,8-9H2,1-7H3/t10-,12+,13+,14-,15-/m1/s1. The first-order valence-electron chi connectivity index (χ1n) is 11.0. The summed E-state index contributed by atoms with van der Waals surface area (Å²) in [6, 6.07) is 0. The number of anilines is 1. The zero-order valence-electron chi connectivity index (χ0n) is 20.2. The van der Waals surface area contributed by atoms with E-state index in [0.717, 1.165) is 0 Å². The molecule has 0 radical (unpaired) electrons. The molecule has 1 aromatic heterocycles. The van der Waals surface area contributed by atoms with Gasteiger partial charge in [0.05, 0.1) is 6.54 Å². The lowest BCUT2D eigenvalue weighted by Crippen LogP contribution is -2.58. The second kappa shape index (κ2) is 8.95. The Morgan fingerprint density at radius 2 is 1.50 bits per heavy atom. The van der Waals surface area contributed by atoms with E-state index in [1.807, 2.05) is 27.7 Å². The molecule has 11 nitrogen and oxygen atoms in total. The van der Waals surface area contributed by atoms with E-state index >= 15 is 0 Å². The smallest absolute Gasteiger partial charge is 0.326 e. The number of fused-ring (bicyclic) bond motifs is 3. The minimum atomic E-state index is -0.863. The van der Waals surface area contributed by atoms with E-state index in [9.17, 15) is 4.79 Å². The summed E-state index contributed by atoms with van der Waals surface area (Å²) in [6.45, 7) is 12.6. The van der Waals surface area contributed by atoms with Gasteiger partial charge in [0, 0.05) is 0 Å². The number of aromatic nitrogens is 3. The molecule has 0 spiro atoms. The molecule has 13 heteroatoms. The quantitative estimate of drug-likeness (QED) is 0.533. The van der Waals surface area contributed by atoms with Crippen molar-refractivity contribution in [2.75, 3.05) is 18.0 Å². The third-order valence-electron chi connectivity index (χ3n) is 5.24. The Bertz CT molecular complexity index is 922. The van der Waals surface area contributed by atoms with E-state index in [1.54, 1.807) is 25.7 Å². The van der Waals surface area contributed by atoms with Crippen LogP contribution in [0.25, 0.3) is 0 Å². The highest BCUT2D eigenvalue weighted by atomic mass is 35.5. The van der Waals surface area contributed by atoms with Crippen molar-refractivity contribution in [2.24, 2.45) is 0 Å². The van der Waals surface area contributed by atoms with E-state index in [-0.39, 0.29) is 29.6 Å². The molecule has 0 bridgehead atoms. The first-order valence-corrected chi connectivity index (χ1v) is 11.8. The molecular formula is C21H30Cl2N4O7. The van der Waals surface area contributed by atoms with Crippen molar-refractivity contribution in [3.8, 4) is 0 Å². The van der Waals surface area contributed by atoms with Crippen molar-refractivity contribution in [2.45, 2.75) is 96.3 Å². The molecular weight excluding hydrogens is 491 g/mol. The Balaban J connectivity index is 1.62. The summed E-state index contributed by atoms with van der Waals surface area (Å²) in [5.41, 5.74) is -0.677. The Morgan fingerprint density at radius 3 is 2.12 bits per heavy atom. The molecule has 0 N–H and O–H groups in total. The molecule has 5 atom stereocenters. The normalized spacial score (nSPS) is 31.6. The first kappa shape index (κ1) is 25.7. The van der Waals surface area contributed by atoms with Crippen LogP contribution in [0.1, 0.15) is 48.5 Å². The SMILES string of the molecule is CC(C)(C)OC(=O)CN(C[C@H]1O[C@@H]2OC(C)(C)O[C@@H]2[C@H]2OC(C)(C)O[C@H]21)c1nc(Cl)nc(Cl)n1. The fourth-order valence-electron chi connectivity index (χ4n) is 4.26. The van der Waals surface area contributed by atoms with E-state index < -0.39 is 53.9 Å². The monoisotopic (exact) mass is 520 g/mol. The van der Waals surface area contributed by atoms with Crippen LogP contribution in [0.3, 0.4) is 0 Å². The summed E-state index contributed by atoms with van der Waals surface area (Å²) in [5, 5.41) is -0.217. The van der Waals surface area contributed by atoms with Gasteiger partial charge >= 0.3 is 5.97 Å². The Morgan fingerprint density at radius 1 is 0.941 bits per heavy atom. The predicted molar refractivity (Wildman–Crippen MR) is 120 cm³/mol. The van der Waals surface area contributed by atoms with Gasteiger partial charge in [-0.1, -0.05) is 0 Å². The number of ether oxygens (including phenoxy) is 6. The van der Waals surface area contributed by atoms with Gasteiger partial charge in [-0.2, -0.15) is 15.0 Å². The van der Waals surface area contributed by atoms with Crippen molar-refractivity contribution in [3.05, 3.63) is 10.6 Å². The summed E-state index contributed by atoms with van der Waals surface area (Å²) >= 11 is 12.0. The Labute approximate surface area is 208 Å². The van der Waals surface area contributed by atoms with Crippen molar-refractivity contribution in [3.63, 3.8) is 0 Å². The molecule has 3 aliphatic rings. The van der Waals surface area contributed by atoms with Gasteiger partial charge in [0.15, 0.2) is 17.9 Å². The molecule has 0 aliphatic carbocycles. The molecule has 0 unspecified atom stereocenters. The van der Waals surface area contributed by atoms with Crippen molar-refractivity contribution < 1.29 is 33.2 Å². The van der Waals surface area contributed by atoms with Crippen LogP contribution in [0.15, 0.2) is 0 Å². The van der Waals surface area contributed by atoms with Crippen LogP contribution in [0.5, 0.6) is 0 Å². The van der Waals surface area contributed by atoms with E-state index in [4.69, 9.17) is 51.6 Å². The van der Waals surface area contributed by atoms with E-state index in [0.29, 0.717) is 0 Å². The molecule has 34 heavy (non-hydrogen) atoms. The number of carbonyl (C=O) groups excluding carboxylic acids is 1. The molecule has 1 aromatic rings. The average Bonchev–Trinajstić information content (AvgIpc) is 3.13. The van der Waals surface area contributed by atoms with Crippen LogP contribution in [-0.2, 0) is 33.2 Å². The molecule has 3 fully saturated rings. The van der Waals surface area contributed by atoms with Crippen LogP contribution in [0.2, 0.25) is 10.6 Å². The van der Waals surface area contributed by atoms with Gasteiger partial charge in [-0.3, -0.25) is 4.79 Å². The minimum absolute atomic E-state index is 0.0974. The van der Waals surface area contributed by atoms with Gasteiger partial charge in [0.2, 0.25) is 16.5 Å². The highest BCUT2D eigenvalue weighted by Gasteiger charge is 2.60. The van der Waals surface area contributed by atoms with E-state index in [2.05, 4.69) is 15.0 Å². The van der Waals surface area contributed by atoms with Crippen LogP contribution in [-0.4, -0.2) is 81.9 Å². The van der Waals surface area contributed by atoms with Crippen molar-refractivity contribution in [1.29, 1.82) is 0 Å². The second-order valence-corrected chi connectivity index (χ2v) is 11.0. The number of carbonyl (C=O) groups is 1. The second-order valence-electron chi connectivity index (χ2n) is 10.3. The van der Waals surface area contributed by atoms with Gasteiger partial charge in [-0.05, 0) is 71.7 Å². The topological polar surface area (TPSA) is 114 Å². The van der Waals surface area contributed by atoms with Crippen LogP contribution in [0, 0.1) is 0 Å². The van der Waals surface area contributed by atoms with Gasteiger partial charge < -0.3 is 33.3 Å². The number of nitrogens with zero attached hydrogens (tertiary/aromatic N) is 4. The molecule has 4 rings (SSSR count). The zero-order chi connectivity index (χ0) is 25.1. The summed E-state index contributed by atoms with van der Waals surface area (Å²) in [5.74, 6) is -2.11. The van der Waals surface area contributed by atoms with Gasteiger partial charge in [-0.15, -0.1) is 0 Å². The van der Waals surface area contributed by atoms with Crippen LogP contribution in [0.4, 0.5) is 5.95 Å². The third kappa shape index (κ3) is 5.89. The maximum absolute atomic E-state index is 12.7. The maximum Gasteiger partial charge on any atom is 0.326 e. The van der Waals surface area contributed by atoms with Gasteiger partial charge in [0.25, 0.3) is 0 Å². The van der Waals surface area contributed by atoms with E-state index in [1.165, 1.54) is 0 Å². The zero-order valence-corrected chi connectivity index (χ0v) is 21.7. The highest BCUT2D eigenvalue weighted by Crippen LogP contribution is 2.44. The predicted octanol–water partition coefficient (Wildman–Crippen LogP) is 2.72. The lowest BCUT2D eigenvalue weighted by molar-refractivity contribution is -0.231. The number of hydrogen-bond donors (Lipinski definition) is 0. The average molecular weight is 521 g/mol. The number of halogens is 2. The summed E-state index contributed by atoms with van der Waals surface area (Å²) < 4.78 is 36.1. The van der Waals surface area contributed by atoms with Crippen molar-refractivity contribution in [1.82, 2.24) is 15.0 Å². The number of hydrogen-bond acceptors (Lipinski definition) is 11. The van der Waals surface area contributed by atoms with Gasteiger partial charge in [-0.25, -0.2) is 0 Å². The van der Waals surface area contributed by atoms with Crippen LogP contribution >= 0.6 is 23.2 Å². The van der Waals surface area contributed by atoms with Gasteiger partial charge in [0.1, 0.15) is 36.6 Å². The minimum Gasteiger partial charge on any atom is -0.459 e. The molecule has 0 aromatic carbocycles. The molecule has 0 saturated carbocycles. The first-order chi connectivity index (χ1) is 15.6. The summed E-state index contributed by atoms with van der Waals surface area (Å²) in [7, 11) is 0. The summed E-state index contributed by atoms with van der Waals surface area (Å²) in [4.78, 5) is 26.4. The lowest BCUT2D eigenvalue weighted by Gasteiger charge is -2.39. The molecule has 3 aliphatic heterocycles.